The number of ether oxygens (including phenoxy) is 2. The van der Waals surface area contributed by atoms with E-state index in [1.165, 1.54) is 0 Å². The van der Waals surface area contributed by atoms with Crippen LogP contribution in [0.2, 0.25) is 0 Å². The maximum Gasteiger partial charge on any atom is 0.440 e. The molecule has 86 valence electrons. The highest BCUT2D eigenvalue weighted by atomic mass is 19.2. The molecule has 0 aromatic heterocycles. The van der Waals surface area contributed by atoms with Crippen molar-refractivity contribution < 1.29 is 18.7 Å². The standard InChI is InChI=1S/C8H14FN3O3/c1-10-7-6(12(9)8(13)15-7)5-4-11-2-3-14-5/h5-7,10-11H,2-4H2,1H3. The van der Waals surface area contributed by atoms with Crippen molar-refractivity contribution in [1.29, 1.82) is 0 Å². The van der Waals surface area contributed by atoms with E-state index in [1.54, 1.807) is 7.05 Å². The fourth-order valence-electron chi connectivity index (χ4n) is 1.84. The minimum Gasteiger partial charge on any atom is -0.426 e. The summed E-state index contributed by atoms with van der Waals surface area (Å²) in [5, 5.41) is 5.91. The van der Waals surface area contributed by atoms with Crippen molar-refractivity contribution in [3.63, 3.8) is 0 Å². The Kier molecular flexibility index (Phi) is 3.03. The Bertz CT molecular complexity index is 247. The molecule has 2 saturated heterocycles. The number of halogens is 1. The molecule has 2 N–H and O–H groups in total. The monoisotopic (exact) mass is 219 g/mol. The summed E-state index contributed by atoms with van der Waals surface area (Å²) in [5.74, 6) is 0. The van der Waals surface area contributed by atoms with Gasteiger partial charge in [-0.25, -0.2) is 4.79 Å². The summed E-state index contributed by atoms with van der Waals surface area (Å²) in [6.45, 7) is 1.77. The quantitative estimate of drug-likeness (QED) is 0.597. The van der Waals surface area contributed by atoms with Gasteiger partial charge in [-0.1, -0.05) is 4.48 Å². The molecule has 6 nitrogen and oxygen atoms in total. The lowest BCUT2D eigenvalue weighted by Crippen LogP contribution is -2.54. The zero-order valence-corrected chi connectivity index (χ0v) is 8.40. The van der Waals surface area contributed by atoms with Crippen molar-refractivity contribution in [2.45, 2.75) is 18.4 Å². The minimum atomic E-state index is -0.964. The van der Waals surface area contributed by atoms with E-state index in [0.29, 0.717) is 13.2 Å². The second kappa shape index (κ2) is 4.30. The van der Waals surface area contributed by atoms with Crippen LogP contribution in [-0.4, -0.2) is 56.3 Å². The lowest BCUT2D eigenvalue weighted by Gasteiger charge is -2.30. The molecular formula is C8H14FN3O3. The van der Waals surface area contributed by atoms with Crippen LogP contribution in [0.25, 0.3) is 0 Å². The van der Waals surface area contributed by atoms with Gasteiger partial charge in [0.1, 0.15) is 6.04 Å². The van der Waals surface area contributed by atoms with Crippen LogP contribution in [0.15, 0.2) is 0 Å². The average molecular weight is 219 g/mol. The van der Waals surface area contributed by atoms with Crippen LogP contribution in [0.1, 0.15) is 0 Å². The fraction of sp³-hybridized carbons (Fsp3) is 0.875. The number of rotatable bonds is 2. The van der Waals surface area contributed by atoms with E-state index >= 15 is 0 Å². The van der Waals surface area contributed by atoms with E-state index in [9.17, 15) is 9.28 Å². The summed E-state index contributed by atoms with van der Waals surface area (Å²) in [6, 6.07) is -0.727. The van der Waals surface area contributed by atoms with Gasteiger partial charge in [-0.15, -0.1) is 5.12 Å². The topological polar surface area (TPSA) is 62.8 Å². The molecule has 0 aliphatic carbocycles. The van der Waals surface area contributed by atoms with E-state index in [0.717, 1.165) is 6.54 Å². The van der Waals surface area contributed by atoms with Gasteiger partial charge in [-0.3, -0.25) is 5.32 Å². The summed E-state index contributed by atoms with van der Waals surface area (Å²) in [4.78, 5) is 11.0. The molecule has 0 aromatic carbocycles. The Morgan fingerprint density at radius 2 is 2.47 bits per heavy atom. The molecule has 0 radical (unpaired) electrons. The predicted molar refractivity (Wildman–Crippen MR) is 48.7 cm³/mol. The third-order valence-corrected chi connectivity index (χ3v) is 2.60. The van der Waals surface area contributed by atoms with E-state index in [4.69, 9.17) is 9.47 Å². The number of hydrogen-bond acceptors (Lipinski definition) is 5. The lowest BCUT2D eigenvalue weighted by molar-refractivity contribution is -0.0711. The Morgan fingerprint density at radius 3 is 3.07 bits per heavy atom. The molecule has 7 heteroatoms. The predicted octanol–water partition coefficient (Wildman–Crippen LogP) is -0.774. The molecule has 2 heterocycles. The van der Waals surface area contributed by atoms with Crippen LogP contribution in [0.3, 0.4) is 0 Å². The van der Waals surface area contributed by atoms with Gasteiger partial charge in [0.25, 0.3) is 0 Å². The minimum absolute atomic E-state index is 0.0961. The summed E-state index contributed by atoms with van der Waals surface area (Å²) in [5.41, 5.74) is 0. The molecule has 3 atom stereocenters. The van der Waals surface area contributed by atoms with Crippen molar-refractivity contribution in [1.82, 2.24) is 15.8 Å². The number of cyclic esters (lactones) is 1. The molecule has 2 rings (SSSR count). The number of carbonyl (C=O) groups excluding carboxylic acids is 1. The summed E-state index contributed by atoms with van der Waals surface area (Å²) < 4.78 is 23.6. The molecule has 0 aromatic rings. The molecule has 0 spiro atoms. The Balaban J connectivity index is 2.06. The number of nitrogens with one attached hydrogen (secondary N) is 2. The Morgan fingerprint density at radius 1 is 1.67 bits per heavy atom. The summed E-state index contributed by atoms with van der Waals surface area (Å²) >= 11 is 0. The van der Waals surface area contributed by atoms with Crippen LogP contribution >= 0.6 is 0 Å². The third kappa shape index (κ3) is 1.90. The first-order chi connectivity index (χ1) is 7.24. The van der Waals surface area contributed by atoms with Gasteiger partial charge in [0, 0.05) is 13.1 Å². The van der Waals surface area contributed by atoms with Gasteiger partial charge >= 0.3 is 6.09 Å². The molecule has 1 amide bonds. The smallest absolute Gasteiger partial charge is 0.426 e. The Labute approximate surface area is 86.6 Å². The van der Waals surface area contributed by atoms with Crippen LogP contribution in [0.5, 0.6) is 0 Å². The van der Waals surface area contributed by atoms with Crippen molar-refractivity contribution in [3.05, 3.63) is 0 Å². The van der Waals surface area contributed by atoms with Crippen LogP contribution < -0.4 is 10.6 Å². The van der Waals surface area contributed by atoms with Crippen molar-refractivity contribution in [2.24, 2.45) is 0 Å². The highest BCUT2D eigenvalue weighted by Crippen LogP contribution is 2.23. The number of likely N-dealkylation sites (N-methyl/N-ethyl adjacent to an activating group) is 1. The molecule has 15 heavy (non-hydrogen) atoms. The van der Waals surface area contributed by atoms with Gasteiger partial charge < -0.3 is 14.8 Å². The number of carbonyl (C=O) groups is 1. The maximum absolute atomic E-state index is 13.4. The second-order valence-corrected chi connectivity index (χ2v) is 3.51. The molecule has 0 saturated carbocycles. The molecule has 2 aliphatic heterocycles. The first-order valence-corrected chi connectivity index (χ1v) is 4.89. The first kappa shape index (κ1) is 10.6. The van der Waals surface area contributed by atoms with Crippen LogP contribution in [0.4, 0.5) is 9.28 Å². The van der Waals surface area contributed by atoms with Gasteiger partial charge in [0.05, 0.1) is 12.7 Å². The average Bonchev–Trinajstić information content (AvgIpc) is 2.56. The van der Waals surface area contributed by atoms with Crippen LogP contribution in [-0.2, 0) is 9.47 Å². The SMILES string of the molecule is CNC1OC(=O)N(F)C1C1CNCCO1. The number of hydrogen-bond donors (Lipinski definition) is 2. The van der Waals surface area contributed by atoms with E-state index < -0.39 is 18.4 Å². The third-order valence-electron chi connectivity index (χ3n) is 2.60. The first-order valence-electron chi connectivity index (χ1n) is 4.89. The normalized spacial score (nSPS) is 36.8. The molecule has 3 unspecified atom stereocenters. The van der Waals surface area contributed by atoms with Gasteiger partial charge in [0.2, 0.25) is 0 Å². The number of morpholine rings is 1. The van der Waals surface area contributed by atoms with Crippen LogP contribution in [0, 0.1) is 0 Å². The summed E-state index contributed by atoms with van der Waals surface area (Å²) in [7, 11) is 1.61. The van der Waals surface area contributed by atoms with Crippen molar-refractivity contribution >= 4 is 6.09 Å². The van der Waals surface area contributed by atoms with Gasteiger partial charge in [-0.05, 0) is 7.05 Å². The zero-order chi connectivity index (χ0) is 10.8. The maximum atomic E-state index is 13.4. The van der Waals surface area contributed by atoms with Crippen molar-refractivity contribution in [2.75, 3.05) is 26.7 Å². The molecular weight excluding hydrogens is 205 g/mol. The van der Waals surface area contributed by atoms with E-state index in [-0.39, 0.29) is 11.2 Å². The number of amides is 1. The lowest BCUT2D eigenvalue weighted by atomic mass is 10.1. The summed E-state index contributed by atoms with van der Waals surface area (Å²) in [6.07, 6.45) is -2.01. The second-order valence-electron chi connectivity index (χ2n) is 3.51. The molecule has 2 fully saturated rings. The highest BCUT2D eigenvalue weighted by molar-refractivity contribution is 5.69. The molecule has 2 aliphatic rings. The largest absolute Gasteiger partial charge is 0.440 e. The van der Waals surface area contributed by atoms with Gasteiger partial charge in [0.15, 0.2) is 6.23 Å². The van der Waals surface area contributed by atoms with Gasteiger partial charge in [-0.2, -0.15) is 0 Å². The number of nitrogens with zero attached hydrogens (tertiary/aromatic N) is 1. The fourth-order valence-corrected chi connectivity index (χ4v) is 1.84. The Hall–Kier alpha value is -0.920. The molecule has 0 bridgehead atoms. The van der Waals surface area contributed by atoms with Crippen molar-refractivity contribution in [3.8, 4) is 0 Å². The van der Waals surface area contributed by atoms with E-state index in [1.807, 2.05) is 0 Å². The highest BCUT2D eigenvalue weighted by Gasteiger charge is 2.47. The zero-order valence-electron chi connectivity index (χ0n) is 8.40. The van der Waals surface area contributed by atoms with E-state index in [2.05, 4.69) is 10.6 Å².